The summed E-state index contributed by atoms with van der Waals surface area (Å²) in [5, 5.41) is 23.7. The zero-order valence-electron chi connectivity index (χ0n) is 32.0. The molecule has 0 aliphatic rings. The van der Waals surface area contributed by atoms with Gasteiger partial charge in [0, 0.05) is 11.1 Å². The van der Waals surface area contributed by atoms with Crippen molar-refractivity contribution >= 4 is 68.6 Å². The molecule has 1 N–H and O–H groups in total. The molecule has 0 aliphatic heterocycles. The van der Waals surface area contributed by atoms with Crippen molar-refractivity contribution in [3.63, 3.8) is 0 Å². The first-order valence-electron chi connectivity index (χ1n) is 18.7. The van der Waals surface area contributed by atoms with E-state index in [-0.39, 0.29) is 5.95 Å². The van der Waals surface area contributed by atoms with E-state index in [2.05, 4.69) is 198 Å². The maximum Gasteiger partial charge on any atom is 0.314 e. The summed E-state index contributed by atoms with van der Waals surface area (Å²) in [4.78, 5) is 0. The molecule has 270 valence electrons. The van der Waals surface area contributed by atoms with Crippen LogP contribution in [0.25, 0.3) is 32.7 Å². The number of rotatable bonds is 9. The lowest BCUT2D eigenvalue weighted by atomic mass is 9.93. The van der Waals surface area contributed by atoms with E-state index in [1.54, 1.807) is 7.11 Å². The first kappa shape index (κ1) is 36.5. The minimum absolute atomic E-state index is 0.0895. The molecular formula is C51H45O2P2+. The predicted octanol–water partition coefficient (Wildman–Crippen LogP) is 10.9. The number of methoxy groups -OCH3 is 1. The van der Waals surface area contributed by atoms with Crippen LogP contribution >= 0.6 is 15.2 Å². The zero-order valence-corrected chi connectivity index (χ0v) is 33.8. The molecule has 0 saturated heterocycles. The van der Waals surface area contributed by atoms with Gasteiger partial charge in [-0.15, -0.1) is 0 Å². The van der Waals surface area contributed by atoms with E-state index in [0.717, 1.165) is 10.6 Å². The molecule has 0 spiro atoms. The van der Waals surface area contributed by atoms with Gasteiger partial charge in [-0.05, 0) is 103 Å². The summed E-state index contributed by atoms with van der Waals surface area (Å²) in [6, 6.07) is 62.9. The van der Waals surface area contributed by atoms with Crippen molar-refractivity contribution < 1.29 is 9.84 Å². The summed E-state index contributed by atoms with van der Waals surface area (Å²) in [6.07, 6.45) is 0. The first-order chi connectivity index (χ1) is 26.8. The van der Waals surface area contributed by atoms with Crippen LogP contribution < -0.4 is 31.8 Å². The highest BCUT2D eigenvalue weighted by molar-refractivity contribution is 7.98. The van der Waals surface area contributed by atoms with Crippen LogP contribution in [0, 0.1) is 27.7 Å². The number of hydrogen-bond acceptors (Lipinski definition) is 2. The van der Waals surface area contributed by atoms with Gasteiger partial charge in [-0.2, -0.15) is 0 Å². The number of aliphatic hydroxyl groups excluding tert-OH is 1. The molecule has 0 unspecified atom stereocenters. The number of benzene rings is 8. The highest BCUT2D eigenvalue weighted by Crippen LogP contribution is 2.60. The second-order valence-electron chi connectivity index (χ2n) is 14.4. The standard InChI is InChI=1S/C51H44O2P2/c1-35-14-24-41(25-15-35)54(42-26-16-36(2)17-27-42)47-32-22-39-10-6-8-12-45(39)50(47)51-46-13-9-7-11-40(46)23-33-48(51)55(34-49(52)53-5,43-28-18-37(3)19-29-43)44-30-20-38(4)21-31-44/h6-34H,1-5H3/p+1/b49-34+. The number of aliphatic hydroxyl groups is 1. The third-order valence-electron chi connectivity index (χ3n) is 10.7. The van der Waals surface area contributed by atoms with Crippen molar-refractivity contribution in [3.05, 3.63) is 204 Å². The maximum atomic E-state index is 11.6. The van der Waals surface area contributed by atoms with Crippen LogP contribution in [0.5, 0.6) is 0 Å². The SMILES string of the molecule is CO/C(O)=C/[P+](c1ccc(C)cc1)(c1ccc(C)cc1)c1ccc2ccccc2c1-c1c(P(c2ccc(C)cc2)c2ccc(C)cc2)ccc2ccccc12. The number of aryl methyl sites for hydroxylation is 4. The molecule has 2 nitrogen and oxygen atoms in total. The summed E-state index contributed by atoms with van der Waals surface area (Å²) in [7, 11) is -2.25. The van der Waals surface area contributed by atoms with Gasteiger partial charge in [-0.3, -0.25) is 0 Å². The van der Waals surface area contributed by atoms with E-state index in [4.69, 9.17) is 4.74 Å². The molecule has 0 atom stereocenters. The highest BCUT2D eigenvalue weighted by Gasteiger charge is 2.48. The van der Waals surface area contributed by atoms with Gasteiger partial charge in [0.05, 0.1) is 7.11 Å². The van der Waals surface area contributed by atoms with Crippen LogP contribution in [-0.2, 0) is 4.74 Å². The average molecular weight is 752 g/mol. The van der Waals surface area contributed by atoms with E-state index in [1.807, 2.05) is 5.82 Å². The summed E-state index contributed by atoms with van der Waals surface area (Å²) in [6.45, 7) is 8.56. The van der Waals surface area contributed by atoms with E-state index < -0.39 is 15.2 Å². The van der Waals surface area contributed by atoms with Gasteiger partial charge in [-0.1, -0.05) is 162 Å². The van der Waals surface area contributed by atoms with Crippen LogP contribution in [0.2, 0.25) is 0 Å². The smallest absolute Gasteiger partial charge is 0.314 e. The number of fused-ring (bicyclic) bond motifs is 2. The lowest BCUT2D eigenvalue weighted by Crippen LogP contribution is -2.32. The van der Waals surface area contributed by atoms with Crippen molar-refractivity contribution in [1.82, 2.24) is 0 Å². The molecule has 0 fully saturated rings. The Bertz CT molecular complexity index is 2570. The molecule has 0 aromatic heterocycles. The Balaban J connectivity index is 1.59. The third-order valence-corrected chi connectivity index (χ3v) is 17.1. The fraction of sp³-hybridized carbons (Fsp3) is 0.0980. The topological polar surface area (TPSA) is 29.5 Å². The summed E-state index contributed by atoms with van der Waals surface area (Å²) in [5.41, 5.74) is 7.27. The Kier molecular flexibility index (Phi) is 10.2. The minimum atomic E-state index is -2.79. The Morgan fingerprint density at radius 3 is 1.38 bits per heavy atom. The van der Waals surface area contributed by atoms with Crippen molar-refractivity contribution in [3.8, 4) is 11.1 Å². The normalized spacial score (nSPS) is 12.1. The van der Waals surface area contributed by atoms with Crippen LogP contribution in [0.4, 0.5) is 0 Å². The average Bonchev–Trinajstić information content (AvgIpc) is 3.21. The molecule has 4 heteroatoms. The molecule has 0 bridgehead atoms. The largest absolute Gasteiger partial charge is 0.479 e. The second kappa shape index (κ2) is 15.3. The fourth-order valence-electron chi connectivity index (χ4n) is 7.76. The van der Waals surface area contributed by atoms with Gasteiger partial charge in [0.1, 0.15) is 23.2 Å². The van der Waals surface area contributed by atoms with Crippen molar-refractivity contribution in [2.24, 2.45) is 0 Å². The molecule has 0 saturated carbocycles. The Labute approximate surface area is 326 Å². The van der Waals surface area contributed by atoms with Crippen LogP contribution in [-0.4, -0.2) is 12.2 Å². The van der Waals surface area contributed by atoms with Gasteiger partial charge < -0.3 is 9.84 Å². The Morgan fingerprint density at radius 1 is 0.491 bits per heavy atom. The van der Waals surface area contributed by atoms with E-state index >= 15 is 0 Å². The molecule has 0 aliphatic carbocycles. The molecule has 0 radical (unpaired) electrons. The molecule has 8 aromatic rings. The van der Waals surface area contributed by atoms with E-state index in [9.17, 15) is 5.11 Å². The first-order valence-corrected chi connectivity index (χ1v) is 21.9. The van der Waals surface area contributed by atoms with Crippen LogP contribution in [0.1, 0.15) is 22.3 Å². The summed E-state index contributed by atoms with van der Waals surface area (Å²) < 4.78 is 5.67. The lowest BCUT2D eigenvalue weighted by Gasteiger charge is -2.30. The molecule has 55 heavy (non-hydrogen) atoms. The van der Waals surface area contributed by atoms with Crippen molar-refractivity contribution in [2.45, 2.75) is 27.7 Å². The van der Waals surface area contributed by atoms with Crippen LogP contribution in [0.3, 0.4) is 0 Å². The van der Waals surface area contributed by atoms with Gasteiger partial charge in [0.2, 0.25) is 0 Å². The molecule has 0 heterocycles. The Hall–Kier alpha value is -5.52. The highest BCUT2D eigenvalue weighted by atomic mass is 31.2. The van der Waals surface area contributed by atoms with E-state index in [0.29, 0.717) is 0 Å². The van der Waals surface area contributed by atoms with Crippen LogP contribution in [0.15, 0.2) is 182 Å². The van der Waals surface area contributed by atoms with Crippen molar-refractivity contribution in [1.29, 1.82) is 0 Å². The maximum absolute atomic E-state index is 11.6. The van der Waals surface area contributed by atoms with Crippen molar-refractivity contribution in [2.75, 3.05) is 7.11 Å². The molecule has 8 aromatic carbocycles. The van der Waals surface area contributed by atoms with Gasteiger partial charge in [0.15, 0.2) is 5.82 Å². The van der Waals surface area contributed by atoms with E-state index in [1.165, 1.54) is 76.1 Å². The fourth-order valence-corrected chi connectivity index (χ4v) is 14.1. The van der Waals surface area contributed by atoms with Gasteiger partial charge in [0.25, 0.3) is 0 Å². The third kappa shape index (κ3) is 6.87. The summed E-state index contributed by atoms with van der Waals surface area (Å²) >= 11 is 0. The molecule has 0 amide bonds. The quantitative estimate of drug-likeness (QED) is 0.118. The monoisotopic (exact) mass is 751 g/mol. The van der Waals surface area contributed by atoms with Gasteiger partial charge in [-0.25, -0.2) is 0 Å². The number of hydrogen-bond donors (Lipinski definition) is 1. The lowest BCUT2D eigenvalue weighted by molar-refractivity contribution is 0.137. The predicted molar refractivity (Wildman–Crippen MR) is 241 cm³/mol. The minimum Gasteiger partial charge on any atom is -0.479 e. The second-order valence-corrected chi connectivity index (χ2v) is 19.8. The zero-order chi connectivity index (χ0) is 38.1. The number of ether oxygens (including phenoxy) is 1. The Morgan fingerprint density at radius 2 is 0.909 bits per heavy atom. The molecule has 8 rings (SSSR count). The molecular weight excluding hydrogens is 707 g/mol. The van der Waals surface area contributed by atoms with Gasteiger partial charge >= 0.3 is 5.95 Å². The summed E-state index contributed by atoms with van der Waals surface area (Å²) in [5.74, 6) is 1.93.